The summed E-state index contributed by atoms with van der Waals surface area (Å²) in [6.07, 6.45) is 1.85. The highest BCUT2D eigenvalue weighted by molar-refractivity contribution is 7.98. The normalized spacial score (nSPS) is 11.0. The van der Waals surface area contributed by atoms with Gasteiger partial charge in [-0.15, -0.1) is 11.3 Å². The van der Waals surface area contributed by atoms with Crippen LogP contribution in [0.25, 0.3) is 21.5 Å². The van der Waals surface area contributed by atoms with Crippen molar-refractivity contribution in [3.8, 4) is 11.3 Å². The number of halogens is 1. The molecule has 2 heterocycles. The maximum absolute atomic E-state index is 13.1. The number of nitrogen functional groups attached to an aromatic ring is 1. The Kier molecular flexibility index (Phi) is 3.71. The maximum Gasteiger partial charge on any atom is 0.260 e. The van der Waals surface area contributed by atoms with Gasteiger partial charge in [0, 0.05) is 5.56 Å². The van der Waals surface area contributed by atoms with Crippen molar-refractivity contribution in [2.45, 2.75) is 5.16 Å². The first-order chi connectivity index (χ1) is 10.5. The number of amides is 1. The topological polar surface area (TPSA) is 94.9 Å². The van der Waals surface area contributed by atoms with Crippen LogP contribution in [0.1, 0.15) is 9.67 Å². The van der Waals surface area contributed by atoms with Crippen molar-refractivity contribution in [3.05, 3.63) is 35.0 Å². The number of nitrogens with two attached hydrogens (primary N) is 2. The molecule has 4 N–H and O–H groups in total. The lowest BCUT2D eigenvalue weighted by Gasteiger charge is -2.06. The third-order valence-electron chi connectivity index (χ3n) is 3.09. The van der Waals surface area contributed by atoms with E-state index >= 15 is 0 Å². The molecule has 0 saturated heterocycles. The number of carbonyl (C=O) groups is 1. The number of thiophene rings is 1. The highest BCUT2D eigenvalue weighted by Gasteiger charge is 2.20. The molecular formula is C14H11FN4OS2. The molecular weight excluding hydrogens is 323 g/mol. The number of nitrogens with zero attached hydrogens (tertiary/aromatic N) is 2. The number of carbonyl (C=O) groups excluding carboxylic acids is 1. The van der Waals surface area contributed by atoms with Crippen LogP contribution in [-0.4, -0.2) is 22.1 Å². The standard InChI is InChI=1S/C14H11FN4OS2/c1-21-14-18-10(6-2-4-7(15)5-3-6)8-9(16)11(12(17)20)22-13(8)19-14/h2-5H,16H2,1H3,(H2,17,20). The quantitative estimate of drug-likeness (QED) is 0.567. The van der Waals surface area contributed by atoms with E-state index in [0.717, 1.165) is 11.3 Å². The molecule has 0 saturated carbocycles. The number of anilines is 1. The number of primary amides is 1. The van der Waals surface area contributed by atoms with Crippen LogP contribution in [0.4, 0.5) is 10.1 Å². The van der Waals surface area contributed by atoms with Crippen LogP contribution < -0.4 is 11.5 Å². The molecule has 0 atom stereocenters. The minimum absolute atomic E-state index is 0.255. The summed E-state index contributed by atoms with van der Waals surface area (Å²) in [6.45, 7) is 0. The Bertz CT molecular complexity index is 877. The Morgan fingerprint density at radius 1 is 1.27 bits per heavy atom. The number of fused-ring (bicyclic) bond motifs is 1. The van der Waals surface area contributed by atoms with E-state index in [9.17, 15) is 9.18 Å². The van der Waals surface area contributed by atoms with Crippen molar-refractivity contribution < 1.29 is 9.18 Å². The summed E-state index contributed by atoms with van der Waals surface area (Å²) >= 11 is 2.51. The molecule has 3 aromatic rings. The summed E-state index contributed by atoms with van der Waals surface area (Å²) in [5.74, 6) is -0.938. The molecule has 3 rings (SSSR count). The van der Waals surface area contributed by atoms with Crippen molar-refractivity contribution in [2.24, 2.45) is 5.73 Å². The molecule has 2 aromatic heterocycles. The van der Waals surface area contributed by atoms with Gasteiger partial charge in [0.15, 0.2) is 5.16 Å². The van der Waals surface area contributed by atoms with Gasteiger partial charge >= 0.3 is 0 Å². The van der Waals surface area contributed by atoms with Crippen LogP contribution in [0, 0.1) is 5.82 Å². The predicted molar refractivity (Wildman–Crippen MR) is 87.5 cm³/mol. The lowest BCUT2D eigenvalue weighted by atomic mass is 10.1. The summed E-state index contributed by atoms with van der Waals surface area (Å²) in [5, 5.41) is 1.12. The van der Waals surface area contributed by atoms with E-state index < -0.39 is 5.91 Å². The van der Waals surface area contributed by atoms with Crippen molar-refractivity contribution in [1.82, 2.24) is 9.97 Å². The van der Waals surface area contributed by atoms with Crippen molar-refractivity contribution >= 4 is 44.9 Å². The average molecular weight is 334 g/mol. The fourth-order valence-corrected chi connectivity index (χ4v) is 3.46. The fraction of sp³-hybridized carbons (Fsp3) is 0.0714. The molecule has 8 heteroatoms. The molecule has 0 unspecified atom stereocenters. The monoisotopic (exact) mass is 334 g/mol. The van der Waals surface area contributed by atoms with Gasteiger partial charge in [-0.1, -0.05) is 11.8 Å². The smallest absolute Gasteiger partial charge is 0.260 e. The molecule has 1 amide bonds. The van der Waals surface area contributed by atoms with Crippen LogP contribution in [0.2, 0.25) is 0 Å². The van der Waals surface area contributed by atoms with Crippen molar-refractivity contribution in [3.63, 3.8) is 0 Å². The summed E-state index contributed by atoms with van der Waals surface area (Å²) in [4.78, 5) is 21.2. The molecule has 22 heavy (non-hydrogen) atoms. The first-order valence-corrected chi connectivity index (χ1v) is 8.25. The number of rotatable bonds is 3. The molecule has 0 aliphatic carbocycles. The van der Waals surface area contributed by atoms with Crippen LogP contribution in [0.5, 0.6) is 0 Å². The second-order valence-corrected chi connectivity index (χ2v) is 6.23. The average Bonchev–Trinajstić information content (AvgIpc) is 2.84. The summed E-state index contributed by atoms with van der Waals surface area (Å²) in [5.41, 5.74) is 12.9. The molecule has 0 aliphatic heterocycles. The second kappa shape index (κ2) is 5.54. The van der Waals surface area contributed by atoms with E-state index in [0.29, 0.717) is 26.6 Å². The number of aromatic nitrogens is 2. The Hall–Kier alpha value is -2.19. The zero-order valence-electron chi connectivity index (χ0n) is 11.5. The maximum atomic E-state index is 13.1. The van der Waals surface area contributed by atoms with E-state index in [1.54, 1.807) is 12.1 Å². The molecule has 0 aliphatic rings. The van der Waals surface area contributed by atoms with Crippen molar-refractivity contribution in [1.29, 1.82) is 0 Å². The minimum atomic E-state index is -0.601. The van der Waals surface area contributed by atoms with Gasteiger partial charge in [0.2, 0.25) is 0 Å². The Labute approximate surface area is 133 Å². The zero-order chi connectivity index (χ0) is 15.9. The van der Waals surface area contributed by atoms with E-state index in [4.69, 9.17) is 11.5 Å². The molecule has 1 aromatic carbocycles. The van der Waals surface area contributed by atoms with E-state index in [2.05, 4.69) is 9.97 Å². The first-order valence-electron chi connectivity index (χ1n) is 6.21. The van der Waals surface area contributed by atoms with Crippen LogP contribution in [0.15, 0.2) is 29.4 Å². The molecule has 0 bridgehead atoms. The Morgan fingerprint density at radius 3 is 2.55 bits per heavy atom. The highest BCUT2D eigenvalue weighted by atomic mass is 32.2. The number of benzene rings is 1. The Morgan fingerprint density at radius 2 is 1.95 bits per heavy atom. The summed E-state index contributed by atoms with van der Waals surface area (Å²) in [6, 6.07) is 5.92. The third-order valence-corrected chi connectivity index (χ3v) is 4.75. The molecule has 112 valence electrons. The van der Waals surface area contributed by atoms with Gasteiger partial charge in [-0.3, -0.25) is 4.79 Å². The number of hydrogen-bond acceptors (Lipinski definition) is 6. The lowest BCUT2D eigenvalue weighted by Crippen LogP contribution is -2.10. The first kappa shape index (κ1) is 14.7. The van der Waals surface area contributed by atoms with Gasteiger partial charge in [0.05, 0.1) is 16.8 Å². The molecule has 5 nitrogen and oxygen atoms in total. The third kappa shape index (κ3) is 2.40. The van der Waals surface area contributed by atoms with Crippen molar-refractivity contribution in [2.75, 3.05) is 12.0 Å². The molecule has 0 spiro atoms. The van der Waals surface area contributed by atoms with Crippen LogP contribution >= 0.6 is 23.1 Å². The van der Waals surface area contributed by atoms with Gasteiger partial charge in [-0.05, 0) is 30.5 Å². The zero-order valence-corrected chi connectivity index (χ0v) is 13.1. The van der Waals surface area contributed by atoms with Gasteiger partial charge in [0.1, 0.15) is 15.5 Å². The SMILES string of the molecule is CSc1nc(-c2ccc(F)cc2)c2c(N)c(C(N)=O)sc2n1. The van der Waals surface area contributed by atoms with E-state index in [1.165, 1.54) is 23.9 Å². The Balaban J connectivity index is 2.36. The summed E-state index contributed by atoms with van der Waals surface area (Å²) in [7, 11) is 0. The van der Waals surface area contributed by atoms with E-state index in [-0.39, 0.29) is 16.4 Å². The van der Waals surface area contributed by atoms with Crippen LogP contribution in [0.3, 0.4) is 0 Å². The molecule has 0 radical (unpaired) electrons. The fourth-order valence-electron chi connectivity index (χ4n) is 2.09. The number of hydrogen-bond donors (Lipinski definition) is 2. The van der Waals surface area contributed by atoms with E-state index in [1.807, 2.05) is 6.26 Å². The minimum Gasteiger partial charge on any atom is -0.397 e. The van der Waals surface area contributed by atoms with Gasteiger partial charge in [-0.25, -0.2) is 14.4 Å². The predicted octanol–water partition coefficient (Wildman–Crippen LogP) is 2.90. The van der Waals surface area contributed by atoms with Gasteiger partial charge in [0.25, 0.3) is 5.91 Å². The highest BCUT2D eigenvalue weighted by Crippen LogP contribution is 2.39. The molecule has 0 fully saturated rings. The lowest BCUT2D eigenvalue weighted by molar-refractivity contribution is 0.100. The second-order valence-electron chi connectivity index (χ2n) is 4.46. The summed E-state index contributed by atoms with van der Waals surface area (Å²) < 4.78 is 13.1. The van der Waals surface area contributed by atoms with Gasteiger partial charge in [-0.2, -0.15) is 0 Å². The van der Waals surface area contributed by atoms with Crippen LogP contribution in [-0.2, 0) is 0 Å². The van der Waals surface area contributed by atoms with Gasteiger partial charge < -0.3 is 11.5 Å². The largest absolute Gasteiger partial charge is 0.397 e. The number of thioether (sulfide) groups is 1.